The zero-order valence-corrected chi connectivity index (χ0v) is 7.60. The van der Waals surface area contributed by atoms with Crippen molar-refractivity contribution in [2.45, 2.75) is 6.42 Å². The smallest absolute Gasteiger partial charge is 0.121 e. The molecule has 0 unspecified atom stereocenters. The standard InChI is InChI=1S/C10H13NO2/c1-11(6-3-7-12)9-4-2-5-10(13)8-9/h2,4-5,7-8,13H,3,6H2,1H3. The number of carbonyl (C=O) groups excluding carboxylic acids is 1. The van der Waals surface area contributed by atoms with Crippen molar-refractivity contribution in [3.05, 3.63) is 24.3 Å². The molecule has 0 saturated carbocycles. The predicted octanol–water partition coefficient (Wildman–Crippen LogP) is 1.42. The molecule has 1 rings (SSSR count). The predicted molar refractivity (Wildman–Crippen MR) is 52.1 cm³/mol. The van der Waals surface area contributed by atoms with Crippen LogP contribution in [0.5, 0.6) is 5.75 Å². The summed E-state index contributed by atoms with van der Waals surface area (Å²) in [6, 6.07) is 6.97. The fourth-order valence-corrected chi connectivity index (χ4v) is 1.11. The molecular formula is C10H13NO2. The van der Waals surface area contributed by atoms with Crippen molar-refractivity contribution < 1.29 is 9.90 Å². The molecule has 0 aliphatic heterocycles. The topological polar surface area (TPSA) is 40.5 Å². The largest absolute Gasteiger partial charge is 0.508 e. The highest BCUT2D eigenvalue weighted by Gasteiger charge is 1.99. The summed E-state index contributed by atoms with van der Waals surface area (Å²) in [6.45, 7) is 0.674. The van der Waals surface area contributed by atoms with E-state index in [9.17, 15) is 9.90 Å². The number of anilines is 1. The monoisotopic (exact) mass is 179 g/mol. The molecule has 70 valence electrons. The second-order valence-electron chi connectivity index (χ2n) is 2.90. The van der Waals surface area contributed by atoms with Gasteiger partial charge in [-0.2, -0.15) is 0 Å². The van der Waals surface area contributed by atoms with Crippen LogP contribution < -0.4 is 4.90 Å². The molecule has 3 heteroatoms. The van der Waals surface area contributed by atoms with Gasteiger partial charge in [-0.05, 0) is 12.1 Å². The number of phenols is 1. The number of aromatic hydroxyl groups is 1. The number of carbonyl (C=O) groups is 1. The van der Waals surface area contributed by atoms with E-state index in [1.807, 2.05) is 18.0 Å². The van der Waals surface area contributed by atoms with Crippen LogP contribution in [0.25, 0.3) is 0 Å². The molecule has 0 fully saturated rings. The third-order valence-corrected chi connectivity index (χ3v) is 1.85. The molecule has 1 N–H and O–H groups in total. The van der Waals surface area contributed by atoms with Gasteiger partial charge in [0.1, 0.15) is 12.0 Å². The second kappa shape index (κ2) is 4.50. The molecule has 0 heterocycles. The fraction of sp³-hybridized carbons (Fsp3) is 0.300. The van der Waals surface area contributed by atoms with Crippen molar-refractivity contribution in [1.82, 2.24) is 0 Å². The van der Waals surface area contributed by atoms with Crippen molar-refractivity contribution in [1.29, 1.82) is 0 Å². The van der Waals surface area contributed by atoms with E-state index in [0.29, 0.717) is 13.0 Å². The minimum Gasteiger partial charge on any atom is -0.508 e. The molecular weight excluding hydrogens is 166 g/mol. The molecule has 0 aliphatic carbocycles. The lowest BCUT2D eigenvalue weighted by atomic mass is 10.2. The van der Waals surface area contributed by atoms with Crippen LogP contribution in [0.4, 0.5) is 5.69 Å². The number of benzene rings is 1. The van der Waals surface area contributed by atoms with Crippen molar-refractivity contribution in [3.8, 4) is 5.75 Å². The molecule has 1 aromatic rings. The number of rotatable bonds is 4. The maximum atomic E-state index is 10.1. The second-order valence-corrected chi connectivity index (χ2v) is 2.90. The van der Waals surface area contributed by atoms with Gasteiger partial charge in [-0.25, -0.2) is 0 Å². The van der Waals surface area contributed by atoms with Crippen LogP contribution in [0.1, 0.15) is 6.42 Å². The fourth-order valence-electron chi connectivity index (χ4n) is 1.11. The average molecular weight is 179 g/mol. The highest BCUT2D eigenvalue weighted by molar-refractivity contribution is 5.53. The zero-order valence-electron chi connectivity index (χ0n) is 7.60. The Morgan fingerprint density at radius 3 is 2.92 bits per heavy atom. The third-order valence-electron chi connectivity index (χ3n) is 1.85. The maximum Gasteiger partial charge on any atom is 0.121 e. The third kappa shape index (κ3) is 2.78. The van der Waals surface area contributed by atoms with Crippen LogP contribution in [0.15, 0.2) is 24.3 Å². The molecule has 0 saturated heterocycles. The van der Waals surface area contributed by atoms with Crippen molar-refractivity contribution in [2.75, 3.05) is 18.5 Å². The Morgan fingerprint density at radius 2 is 2.31 bits per heavy atom. The summed E-state index contributed by atoms with van der Waals surface area (Å²) < 4.78 is 0. The number of hydrogen-bond donors (Lipinski definition) is 1. The Kier molecular flexibility index (Phi) is 3.31. The van der Waals surface area contributed by atoms with Gasteiger partial charge in [-0.3, -0.25) is 0 Å². The first kappa shape index (κ1) is 9.58. The van der Waals surface area contributed by atoms with Gasteiger partial charge in [0.2, 0.25) is 0 Å². The first-order valence-corrected chi connectivity index (χ1v) is 4.18. The Labute approximate surface area is 77.6 Å². The summed E-state index contributed by atoms with van der Waals surface area (Å²) in [5.74, 6) is 0.246. The lowest BCUT2D eigenvalue weighted by molar-refractivity contribution is -0.107. The number of nitrogens with zero attached hydrogens (tertiary/aromatic N) is 1. The summed E-state index contributed by atoms with van der Waals surface area (Å²) in [4.78, 5) is 12.1. The van der Waals surface area contributed by atoms with Gasteiger partial charge >= 0.3 is 0 Å². The summed E-state index contributed by atoms with van der Waals surface area (Å²) in [7, 11) is 1.89. The molecule has 1 aromatic carbocycles. The van der Waals surface area contributed by atoms with E-state index >= 15 is 0 Å². The summed E-state index contributed by atoms with van der Waals surface area (Å²) in [5, 5.41) is 9.19. The van der Waals surface area contributed by atoms with Crippen LogP contribution in [0.2, 0.25) is 0 Å². The molecule has 3 nitrogen and oxygen atoms in total. The Hall–Kier alpha value is -1.51. The summed E-state index contributed by atoms with van der Waals surface area (Å²) in [6.07, 6.45) is 1.39. The Balaban J connectivity index is 2.65. The van der Waals surface area contributed by atoms with Crippen molar-refractivity contribution in [3.63, 3.8) is 0 Å². The van der Waals surface area contributed by atoms with E-state index in [-0.39, 0.29) is 5.75 Å². The SMILES string of the molecule is CN(CCC=O)c1cccc(O)c1. The van der Waals surface area contributed by atoms with Crippen LogP contribution >= 0.6 is 0 Å². The molecule has 0 aromatic heterocycles. The quantitative estimate of drug-likeness (QED) is 0.710. The average Bonchev–Trinajstić information content (AvgIpc) is 2.14. The van der Waals surface area contributed by atoms with E-state index in [1.165, 1.54) is 0 Å². The van der Waals surface area contributed by atoms with Gasteiger partial charge in [0.15, 0.2) is 0 Å². The van der Waals surface area contributed by atoms with E-state index in [0.717, 1.165) is 12.0 Å². The highest BCUT2D eigenvalue weighted by Crippen LogP contribution is 2.18. The highest BCUT2D eigenvalue weighted by atomic mass is 16.3. The van der Waals surface area contributed by atoms with Gasteiger partial charge in [-0.1, -0.05) is 6.07 Å². The van der Waals surface area contributed by atoms with E-state index in [1.54, 1.807) is 18.2 Å². The van der Waals surface area contributed by atoms with Crippen LogP contribution in [0, 0.1) is 0 Å². The molecule has 0 bridgehead atoms. The summed E-state index contributed by atoms with van der Waals surface area (Å²) >= 11 is 0. The minimum absolute atomic E-state index is 0.246. The Morgan fingerprint density at radius 1 is 1.54 bits per heavy atom. The van der Waals surface area contributed by atoms with Gasteiger partial charge in [0, 0.05) is 31.8 Å². The van der Waals surface area contributed by atoms with Crippen molar-refractivity contribution >= 4 is 12.0 Å². The molecule has 0 spiro atoms. The lowest BCUT2D eigenvalue weighted by Crippen LogP contribution is -2.18. The van der Waals surface area contributed by atoms with Gasteiger partial charge in [0.05, 0.1) is 0 Å². The number of phenolic OH excluding ortho intramolecular Hbond substituents is 1. The lowest BCUT2D eigenvalue weighted by Gasteiger charge is -2.17. The maximum absolute atomic E-state index is 10.1. The van der Waals surface area contributed by atoms with E-state index < -0.39 is 0 Å². The normalized spacial score (nSPS) is 9.62. The number of aldehydes is 1. The van der Waals surface area contributed by atoms with Gasteiger partial charge in [0.25, 0.3) is 0 Å². The first-order valence-electron chi connectivity index (χ1n) is 4.18. The molecule has 0 amide bonds. The van der Waals surface area contributed by atoms with E-state index in [2.05, 4.69) is 0 Å². The number of hydrogen-bond acceptors (Lipinski definition) is 3. The minimum atomic E-state index is 0.246. The molecule has 0 aliphatic rings. The van der Waals surface area contributed by atoms with Crippen LogP contribution in [-0.2, 0) is 4.79 Å². The van der Waals surface area contributed by atoms with Crippen LogP contribution in [0.3, 0.4) is 0 Å². The van der Waals surface area contributed by atoms with Gasteiger partial charge in [-0.15, -0.1) is 0 Å². The van der Waals surface area contributed by atoms with Crippen molar-refractivity contribution in [2.24, 2.45) is 0 Å². The molecule has 13 heavy (non-hydrogen) atoms. The van der Waals surface area contributed by atoms with Crippen LogP contribution in [-0.4, -0.2) is 25.0 Å². The first-order chi connectivity index (χ1) is 6.24. The Bertz CT molecular complexity index is 286. The van der Waals surface area contributed by atoms with E-state index in [4.69, 9.17) is 0 Å². The van der Waals surface area contributed by atoms with Gasteiger partial charge < -0.3 is 14.8 Å². The zero-order chi connectivity index (χ0) is 9.68. The summed E-state index contributed by atoms with van der Waals surface area (Å²) in [5.41, 5.74) is 0.918. The molecule has 0 radical (unpaired) electrons. The molecule has 0 atom stereocenters.